The van der Waals surface area contributed by atoms with Crippen molar-refractivity contribution >= 4 is 22.6 Å². The SMILES string of the molecule is CC(=O)CC1CCC(CCN2CCN(c3nccc4occc34)CC2)CC1. The molecule has 5 nitrogen and oxygen atoms in total. The van der Waals surface area contributed by atoms with E-state index in [1.165, 1.54) is 38.6 Å². The van der Waals surface area contributed by atoms with Crippen LogP contribution in [0.3, 0.4) is 0 Å². The third kappa shape index (κ3) is 4.52. The van der Waals surface area contributed by atoms with E-state index in [0.29, 0.717) is 11.7 Å². The topological polar surface area (TPSA) is 49.6 Å². The zero-order chi connectivity index (χ0) is 18.6. The van der Waals surface area contributed by atoms with Gasteiger partial charge in [-0.15, -0.1) is 0 Å². The number of ketones is 1. The Bertz CT molecular complexity index is 756. The summed E-state index contributed by atoms with van der Waals surface area (Å²) in [6.45, 7) is 7.21. The molecule has 0 aromatic carbocycles. The fourth-order valence-electron chi connectivity index (χ4n) is 4.81. The van der Waals surface area contributed by atoms with Gasteiger partial charge in [-0.1, -0.05) is 12.8 Å². The Morgan fingerprint density at radius 2 is 1.85 bits per heavy atom. The first kappa shape index (κ1) is 18.5. The number of anilines is 1. The van der Waals surface area contributed by atoms with Crippen LogP contribution in [0.4, 0.5) is 5.82 Å². The molecule has 1 aliphatic carbocycles. The van der Waals surface area contributed by atoms with Crippen LogP contribution in [0.1, 0.15) is 45.4 Å². The van der Waals surface area contributed by atoms with Crippen LogP contribution in [0.25, 0.3) is 11.0 Å². The first-order chi connectivity index (χ1) is 13.2. The number of furan rings is 1. The second-order valence-electron chi connectivity index (χ2n) is 8.38. The minimum absolute atomic E-state index is 0.358. The van der Waals surface area contributed by atoms with Crippen molar-refractivity contribution in [1.29, 1.82) is 0 Å². The summed E-state index contributed by atoms with van der Waals surface area (Å²) in [6, 6.07) is 3.95. The largest absolute Gasteiger partial charge is 0.464 e. The molecule has 0 atom stereocenters. The molecule has 27 heavy (non-hydrogen) atoms. The Morgan fingerprint density at radius 3 is 2.59 bits per heavy atom. The molecule has 0 bridgehead atoms. The normalized spacial score (nSPS) is 24.4. The molecule has 5 heteroatoms. The summed E-state index contributed by atoms with van der Waals surface area (Å²) in [7, 11) is 0. The van der Waals surface area contributed by atoms with Crippen molar-refractivity contribution in [3.63, 3.8) is 0 Å². The molecule has 2 aliphatic rings. The smallest absolute Gasteiger partial charge is 0.139 e. The maximum atomic E-state index is 11.3. The quantitative estimate of drug-likeness (QED) is 0.766. The van der Waals surface area contributed by atoms with Crippen molar-refractivity contribution in [2.75, 3.05) is 37.6 Å². The van der Waals surface area contributed by atoms with Gasteiger partial charge < -0.3 is 14.1 Å². The number of fused-ring (bicyclic) bond motifs is 1. The highest BCUT2D eigenvalue weighted by atomic mass is 16.3. The Labute approximate surface area is 161 Å². The molecule has 1 aliphatic heterocycles. The van der Waals surface area contributed by atoms with Gasteiger partial charge in [-0.05, 0) is 56.7 Å². The Balaban J connectivity index is 1.21. The predicted molar refractivity (Wildman–Crippen MR) is 108 cm³/mol. The van der Waals surface area contributed by atoms with Crippen LogP contribution in [-0.2, 0) is 4.79 Å². The number of hydrogen-bond acceptors (Lipinski definition) is 5. The van der Waals surface area contributed by atoms with Crippen LogP contribution in [0.5, 0.6) is 0 Å². The van der Waals surface area contributed by atoms with E-state index in [-0.39, 0.29) is 0 Å². The Hall–Kier alpha value is -1.88. The third-order valence-corrected chi connectivity index (χ3v) is 6.43. The fourth-order valence-corrected chi connectivity index (χ4v) is 4.81. The molecule has 4 rings (SSSR count). The lowest BCUT2D eigenvalue weighted by atomic mass is 9.78. The lowest BCUT2D eigenvalue weighted by Gasteiger charge is -2.36. The molecule has 0 unspecified atom stereocenters. The summed E-state index contributed by atoms with van der Waals surface area (Å²) >= 11 is 0. The number of carbonyl (C=O) groups excluding carboxylic acids is 1. The first-order valence-electron chi connectivity index (χ1n) is 10.5. The van der Waals surface area contributed by atoms with E-state index in [0.717, 1.165) is 55.3 Å². The zero-order valence-corrected chi connectivity index (χ0v) is 16.4. The van der Waals surface area contributed by atoms with Crippen molar-refractivity contribution < 1.29 is 9.21 Å². The number of pyridine rings is 1. The van der Waals surface area contributed by atoms with Gasteiger partial charge in [0.2, 0.25) is 0 Å². The minimum atomic E-state index is 0.358. The highest BCUT2D eigenvalue weighted by Gasteiger charge is 2.24. The maximum absolute atomic E-state index is 11.3. The fraction of sp³-hybridized carbons (Fsp3) is 0.636. The van der Waals surface area contributed by atoms with Gasteiger partial charge in [0.05, 0.1) is 11.6 Å². The van der Waals surface area contributed by atoms with Gasteiger partial charge in [0.1, 0.15) is 17.2 Å². The molecule has 0 N–H and O–H groups in total. The van der Waals surface area contributed by atoms with E-state index >= 15 is 0 Å². The van der Waals surface area contributed by atoms with E-state index in [4.69, 9.17) is 4.42 Å². The van der Waals surface area contributed by atoms with Gasteiger partial charge in [-0.25, -0.2) is 4.98 Å². The van der Waals surface area contributed by atoms with Crippen molar-refractivity contribution in [2.24, 2.45) is 11.8 Å². The number of hydrogen-bond donors (Lipinski definition) is 0. The molecule has 0 radical (unpaired) electrons. The van der Waals surface area contributed by atoms with Crippen LogP contribution >= 0.6 is 0 Å². The zero-order valence-electron chi connectivity index (χ0n) is 16.4. The Morgan fingerprint density at radius 1 is 1.11 bits per heavy atom. The van der Waals surface area contributed by atoms with Crippen molar-refractivity contribution in [3.05, 3.63) is 24.6 Å². The second-order valence-corrected chi connectivity index (χ2v) is 8.38. The average Bonchev–Trinajstić information content (AvgIpc) is 3.16. The number of Topliss-reactive ketones (excluding diaryl/α,β-unsaturated/α-hetero) is 1. The molecule has 2 aromatic heterocycles. The van der Waals surface area contributed by atoms with E-state index in [1.807, 2.05) is 18.3 Å². The molecule has 1 saturated heterocycles. The number of carbonyl (C=O) groups is 1. The van der Waals surface area contributed by atoms with E-state index in [2.05, 4.69) is 14.8 Å². The summed E-state index contributed by atoms with van der Waals surface area (Å²) in [5, 5.41) is 1.12. The van der Waals surface area contributed by atoms with Crippen LogP contribution in [0.15, 0.2) is 29.0 Å². The van der Waals surface area contributed by atoms with E-state index < -0.39 is 0 Å². The molecule has 2 fully saturated rings. The highest BCUT2D eigenvalue weighted by Crippen LogP contribution is 2.33. The van der Waals surface area contributed by atoms with Gasteiger partial charge in [-0.3, -0.25) is 4.90 Å². The van der Waals surface area contributed by atoms with Crippen LogP contribution in [0.2, 0.25) is 0 Å². The number of rotatable bonds is 6. The monoisotopic (exact) mass is 369 g/mol. The molecular weight excluding hydrogens is 338 g/mol. The molecule has 1 saturated carbocycles. The van der Waals surface area contributed by atoms with Gasteiger partial charge in [0.25, 0.3) is 0 Å². The van der Waals surface area contributed by atoms with Gasteiger partial charge in [0, 0.05) is 38.8 Å². The summed E-state index contributed by atoms with van der Waals surface area (Å²) in [5.74, 6) is 2.93. The molecule has 0 amide bonds. The van der Waals surface area contributed by atoms with Crippen molar-refractivity contribution in [3.8, 4) is 0 Å². The van der Waals surface area contributed by atoms with Gasteiger partial charge >= 0.3 is 0 Å². The number of aromatic nitrogens is 1. The molecule has 3 heterocycles. The summed E-state index contributed by atoms with van der Waals surface area (Å²) in [5.41, 5.74) is 0.919. The number of piperazine rings is 1. The third-order valence-electron chi connectivity index (χ3n) is 6.43. The summed E-state index contributed by atoms with van der Waals surface area (Å²) < 4.78 is 5.51. The number of nitrogens with zero attached hydrogens (tertiary/aromatic N) is 3. The van der Waals surface area contributed by atoms with Crippen molar-refractivity contribution in [1.82, 2.24) is 9.88 Å². The van der Waals surface area contributed by atoms with Crippen molar-refractivity contribution in [2.45, 2.75) is 45.4 Å². The van der Waals surface area contributed by atoms with E-state index in [9.17, 15) is 4.79 Å². The molecule has 0 spiro atoms. The summed E-state index contributed by atoms with van der Waals surface area (Å²) in [4.78, 5) is 20.9. The van der Waals surface area contributed by atoms with Gasteiger partial charge in [0.15, 0.2) is 0 Å². The standard InChI is InChI=1S/C22H31N3O2/c1-17(26)16-19-4-2-18(3-5-19)7-10-24-11-13-25(14-12-24)22-20-8-15-27-21(20)6-9-23-22/h6,8-9,15,18-19H,2-5,7,10-14,16H2,1H3. The summed E-state index contributed by atoms with van der Waals surface area (Å²) in [6.07, 6.45) is 10.8. The lowest BCUT2D eigenvalue weighted by Crippen LogP contribution is -2.47. The maximum Gasteiger partial charge on any atom is 0.139 e. The van der Waals surface area contributed by atoms with Gasteiger partial charge in [-0.2, -0.15) is 0 Å². The van der Waals surface area contributed by atoms with E-state index in [1.54, 1.807) is 13.2 Å². The first-order valence-corrected chi connectivity index (χ1v) is 10.5. The molecule has 2 aromatic rings. The molecule has 146 valence electrons. The lowest BCUT2D eigenvalue weighted by molar-refractivity contribution is -0.118. The van der Waals surface area contributed by atoms with Crippen LogP contribution in [-0.4, -0.2) is 48.4 Å². The minimum Gasteiger partial charge on any atom is -0.464 e. The predicted octanol–water partition coefficient (Wildman–Crippen LogP) is 4.13. The highest BCUT2D eigenvalue weighted by molar-refractivity contribution is 5.88. The van der Waals surface area contributed by atoms with Crippen LogP contribution < -0.4 is 4.90 Å². The average molecular weight is 370 g/mol. The second kappa shape index (κ2) is 8.42. The molecular formula is C22H31N3O2. The van der Waals surface area contributed by atoms with Crippen LogP contribution in [0, 0.1) is 11.8 Å². The Kier molecular flexibility index (Phi) is 5.77.